The van der Waals surface area contributed by atoms with Gasteiger partial charge in [0.15, 0.2) is 0 Å². The molecule has 1 aliphatic heterocycles. The zero-order valence-corrected chi connectivity index (χ0v) is 16.2. The van der Waals surface area contributed by atoms with Crippen LogP contribution in [0.1, 0.15) is 51.1 Å². The molecule has 1 unspecified atom stereocenters. The molecule has 2 aromatic rings. The first kappa shape index (κ1) is 17.2. The maximum Gasteiger partial charge on any atom is 0.323 e. The molecule has 1 atom stereocenters. The lowest BCUT2D eigenvalue weighted by atomic mass is 9.68. The molecular weight excluding hydrogens is 378 g/mol. The van der Waals surface area contributed by atoms with Gasteiger partial charge in [0.1, 0.15) is 6.54 Å². The van der Waals surface area contributed by atoms with Crippen LogP contribution in [0.15, 0.2) is 65.3 Å². The number of aliphatic carboxylic acids is 1. The van der Waals surface area contributed by atoms with Crippen LogP contribution in [-0.4, -0.2) is 34.3 Å². The molecule has 0 bridgehead atoms. The minimum Gasteiger partial charge on any atom is -0.480 e. The van der Waals surface area contributed by atoms with E-state index in [-0.39, 0.29) is 5.92 Å². The van der Waals surface area contributed by atoms with Crippen molar-refractivity contribution in [1.82, 2.24) is 4.90 Å². The third kappa shape index (κ3) is 1.99. The lowest BCUT2D eigenvalue weighted by Gasteiger charge is -2.36. The molecule has 3 aliphatic carbocycles. The largest absolute Gasteiger partial charge is 0.480 e. The molecule has 0 aromatic heterocycles. The van der Waals surface area contributed by atoms with E-state index in [9.17, 15) is 14.4 Å². The number of benzene rings is 2. The van der Waals surface area contributed by atoms with Gasteiger partial charge in [-0.15, -0.1) is 0 Å². The molecule has 2 aromatic carbocycles. The van der Waals surface area contributed by atoms with Crippen LogP contribution in [0.5, 0.6) is 0 Å². The number of hydrogen-bond donors (Lipinski definition) is 1. The molecule has 0 saturated carbocycles. The van der Waals surface area contributed by atoms with E-state index in [4.69, 9.17) is 5.11 Å². The molecule has 2 amide bonds. The Morgan fingerprint density at radius 3 is 2.47 bits per heavy atom. The number of allylic oxidation sites excluding steroid dienone is 8. The van der Waals surface area contributed by atoms with Gasteiger partial charge in [0.25, 0.3) is 11.8 Å². The highest BCUT2D eigenvalue weighted by atomic mass is 16.4. The first-order valence-electron chi connectivity index (χ1n) is 9.94. The highest BCUT2D eigenvalue weighted by Crippen LogP contribution is 2.52. The smallest absolute Gasteiger partial charge is 0.323 e. The van der Waals surface area contributed by atoms with E-state index in [1.54, 1.807) is 12.1 Å². The summed E-state index contributed by atoms with van der Waals surface area (Å²) in [7, 11) is 0. The van der Waals surface area contributed by atoms with E-state index in [1.165, 1.54) is 16.7 Å². The Labute approximate surface area is 172 Å². The maximum absolute atomic E-state index is 13.0. The van der Waals surface area contributed by atoms with Crippen LogP contribution in [-0.2, 0) is 4.79 Å². The number of nitrogens with zero attached hydrogens (tertiary/aromatic N) is 1. The van der Waals surface area contributed by atoms with E-state index in [1.807, 2.05) is 12.1 Å². The van der Waals surface area contributed by atoms with Gasteiger partial charge < -0.3 is 5.11 Å². The number of imide groups is 1. The van der Waals surface area contributed by atoms with Crippen LogP contribution in [0.4, 0.5) is 0 Å². The van der Waals surface area contributed by atoms with Crippen molar-refractivity contribution in [2.24, 2.45) is 0 Å². The fourth-order valence-electron chi connectivity index (χ4n) is 5.34. The predicted molar refractivity (Wildman–Crippen MR) is 112 cm³/mol. The Kier molecular flexibility index (Phi) is 3.24. The van der Waals surface area contributed by atoms with Gasteiger partial charge in [-0.05, 0) is 64.3 Å². The second-order valence-corrected chi connectivity index (χ2v) is 8.14. The highest BCUT2D eigenvalue weighted by Gasteiger charge is 2.39. The minimum atomic E-state index is -1.21. The van der Waals surface area contributed by atoms with Gasteiger partial charge in [-0.2, -0.15) is 0 Å². The van der Waals surface area contributed by atoms with E-state index in [2.05, 4.69) is 31.2 Å². The number of carbonyl (C=O) groups excluding carboxylic acids is 2. The first-order chi connectivity index (χ1) is 14.5. The van der Waals surface area contributed by atoms with Gasteiger partial charge in [-0.3, -0.25) is 19.3 Å². The Balaban J connectivity index is 1.69. The Morgan fingerprint density at radius 2 is 1.73 bits per heavy atom. The number of hydrogen-bond acceptors (Lipinski definition) is 3. The SMILES string of the molecule is CC1=C2CC=CC3=C2C(C=C1)c1ccc2c4c(ccc3c14)C(=O)N(CC(=O)O)C2=O. The molecule has 1 N–H and O–H groups in total. The summed E-state index contributed by atoms with van der Waals surface area (Å²) in [6, 6.07) is 7.39. The van der Waals surface area contributed by atoms with Gasteiger partial charge in [-0.1, -0.05) is 36.4 Å². The van der Waals surface area contributed by atoms with Crippen molar-refractivity contribution in [3.63, 3.8) is 0 Å². The third-order valence-corrected chi connectivity index (χ3v) is 6.61. The van der Waals surface area contributed by atoms with Gasteiger partial charge in [0, 0.05) is 22.4 Å². The monoisotopic (exact) mass is 395 g/mol. The van der Waals surface area contributed by atoms with Crippen molar-refractivity contribution >= 4 is 34.1 Å². The van der Waals surface area contributed by atoms with Crippen molar-refractivity contribution < 1.29 is 19.5 Å². The molecule has 0 fully saturated rings. The summed E-state index contributed by atoms with van der Waals surface area (Å²) in [5.74, 6) is -2.22. The normalized spacial score (nSPS) is 21.0. The number of amides is 2. The Hall–Kier alpha value is -3.73. The third-order valence-electron chi connectivity index (χ3n) is 6.61. The molecule has 1 heterocycles. The summed E-state index contributed by atoms with van der Waals surface area (Å²) in [6.45, 7) is 1.49. The Bertz CT molecular complexity index is 1350. The zero-order chi connectivity index (χ0) is 20.7. The second-order valence-electron chi connectivity index (χ2n) is 8.14. The summed E-state index contributed by atoms with van der Waals surface area (Å²) in [5.41, 5.74) is 7.98. The topological polar surface area (TPSA) is 74.7 Å². The van der Waals surface area contributed by atoms with Crippen LogP contribution in [0, 0.1) is 0 Å². The summed E-state index contributed by atoms with van der Waals surface area (Å²) in [5, 5.41) is 10.7. The Morgan fingerprint density at radius 1 is 1.03 bits per heavy atom. The van der Waals surface area contributed by atoms with Crippen LogP contribution >= 0.6 is 0 Å². The summed E-state index contributed by atoms with van der Waals surface area (Å²) in [6.07, 6.45) is 9.57. The number of carbonyl (C=O) groups is 3. The average molecular weight is 395 g/mol. The van der Waals surface area contributed by atoms with Crippen molar-refractivity contribution in [3.8, 4) is 0 Å². The predicted octanol–water partition coefficient (Wildman–Crippen LogP) is 4.22. The van der Waals surface area contributed by atoms with Gasteiger partial charge >= 0.3 is 5.97 Å². The maximum atomic E-state index is 13.0. The molecule has 5 heteroatoms. The minimum absolute atomic E-state index is 0.0858. The molecule has 0 radical (unpaired) electrons. The van der Waals surface area contributed by atoms with Crippen LogP contribution in [0.2, 0.25) is 0 Å². The molecule has 5 nitrogen and oxygen atoms in total. The molecule has 4 aliphatic rings. The molecular formula is C25H17NO4. The standard InChI is InChI=1S/C25H17NO4/c1-12-5-6-15-17-8-10-19-23-18(24(29)26(25(19)30)11-20(27)28)9-7-16(22(17)23)14-4-2-3-13(12)21(14)15/h2,4-10,15H,3,11H2,1H3,(H,27,28). The number of rotatable bonds is 2. The molecule has 6 rings (SSSR count). The highest BCUT2D eigenvalue weighted by molar-refractivity contribution is 6.28. The van der Waals surface area contributed by atoms with Crippen molar-refractivity contribution in [3.05, 3.63) is 87.5 Å². The number of fused-ring (bicyclic) bond motifs is 2. The lowest BCUT2D eigenvalue weighted by Crippen LogP contribution is -2.43. The second kappa shape index (κ2) is 5.66. The molecule has 0 saturated heterocycles. The summed E-state index contributed by atoms with van der Waals surface area (Å²) in [4.78, 5) is 38.1. The van der Waals surface area contributed by atoms with Crippen molar-refractivity contribution in [1.29, 1.82) is 0 Å². The van der Waals surface area contributed by atoms with Crippen LogP contribution in [0.3, 0.4) is 0 Å². The van der Waals surface area contributed by atoms with Gasteiger partial charge in [0.2, 0.25) is 0 Å². The average Bonchev–Trinajstić information content (AvgIpc) is 2.74. The number of carboxylic acids is 1. The molecule has 30 heavy (non-hydrogen) atoms. The van der Waals surface area contributed by atoms with E-state index in [0.717, 1.165) is 33.4 Å². The van der Waals surface area contributed by atoms with E-state index in [0.29, 0.717) is 16.5 Å². The van der Waals surface area contributed by atoms with E-state index < -0.39 is 24.3 Å². The van der Waals surface area contributed by atoms with Crippen molar-refractivity contribution in [2.45, 2.75) is 19.3 Å². The summed E-state index contributed by atoms with van der Waals surface area (Å²) < 4.78 is 0. The molecule has 146 valence electrons. The number of carboxylic acid groups (broad SMARTS) is 1. The molecule has 0 spiro atoms. The van der Waals surface area contributed by atoms with Crippen LogP contribution < -0.4 is 0 Å². The van der Waals surface area contributed by atoms with Crippen molar-refractivity contribution in [2.75, 3.05) is 6.54 Å². The summed E-state index contributed by atoms with van der Waals surface area (Å²) >= 11 is 0. The first-order valence-corrected chi connectivity index (χ1v) is 9.94. The zero-order valence-electron chi connectivity index (χ0n) is 16.2. The van der Waals surface area contributed by atoms with Gasteiger partial charge in [-0.25, -0.2) is 0 Å². The van der Waals surface area contributed by atoms with E-state index >= 15 is 0 Å². The quantitative estimate of drug-likeness (QED) is 0.773. The van der Waals surface area contributed by atoms with Crippen LogP contribution in [0.25, 0.3) is 16.3 Å². The fourth-order valence-corrected chi connectivity index (χ4v) is 5.34. The fraction of sp³-hybridized carbons (Fsp3) is 0.160. The van der Waals surface area contributed by atoms with Gasteiger partial charge in [0.05, 0.1) is 0 Å². The lowest BCUT2D eigenvalue weighted by molar-refractivity contribution is -0.137.